The smallest absolute Gasteiger partial charge is 0.387 e. The summed E-state index contributed by atoms with van der Waals surface area (Å²) < 4.78 is 51.5. The minimum absolute atomic E-state index is 0.0104. The van der Waals surface area contributed by atoms with Crippen LogP contribution in [0.2, 0.25) is 0 Å². The summed E-state index contributed by atoms with van der Waals surface area (Å²) in [4.78, 5) is 38.7. The van der Waals surface area contributed by atoms with Gasteiger partial charge in [0.25, 0.3) is 5.56 Å². The van der Waals surface area contributed by atoms with Gasteiger partial charge in [-0.2, -0.15) is 14.5 Å². The van der Waals surface area contributed by atoms with Crippen LogP contribution in [0.5, 0.6) is 0 Å². The highest BCUT2D eigenvalue weighted by atomic mass is 31.3. The van der Waals surface area contributed by atoms with Gasteiger partial charge in [0.05, 0.1) is 18.2 Å². The summed E-state index contributed by atoms with van der Waals surface area (Å²) in [7, 11) is -10.6. The first-order valence-electron chi connectivity index (χ1n) is 9.04. The van der Waals surface area contributed by atoms with Gasteiger partial charge in [0.2, 0.25) is 0 Å². The molecular weight excluding hydrogens is 493 g/mol. The lowest BCUT2D eigenvalue weighted by molar-refractivity contribution is -0.102. The average molecular weight is 510 g/mol. The van der Waals surface area contributed by atoms with Crippen LogP contribution in [0.4, 0.5) is 4.39 Å². The van der Waals surface area contributed by atoms with Crippen LogP contribution in [-0.2, 0) is 22.7 Å². The van der Waals surface area contributed by atoms with E-state index in [4.69, 9.17) is 14.5 Å². The fourth-order valence-corrected chi connectivity index (χ4v) is 5.17. The number of ether oxygens (including phenoxy) is 1. The fraction of sp³-hybridized carbons (Fsp3) is 0.400. The first-order chi connectivity index (χ1) is 15.2. The van der Waals surface area contributed by atoms with Crippen molar-refractivity contribution in [3.8, 4) is 0 Å². The van der Waals surface area contributed by atoms with Crippen molar-refractivity contribution in [3.63, 3.8) is 0 Å². The normalized spacial score (nSPS) is 27.9. The van der Waals surface area contributed by atoms with Crippen molar-refractivity contribution >= 4 is 37.3 Å². The minimum Gasteiger partial charge on any atom is -0.387 e. The van der Waals surface area contributed by atoms with Crippen molar-refractivity contribution in [2.75, 3.05) is 6.61 Å². The van der Waals surface area contributed by atoms with Gasteiger partial charge in [0.1, 0.15) is 29.1 Å². The molecule has 0 amide bonds. The standard InChI is InChI=1S/C15H17FN4O11P2/c1-15(23)12(21)10(5-29-33(27,28)31-32(24,25)26)30-14(15)20-4-7-8(16)2-6-11(7)9(19-20)3-17-18-13(6)22/h2-4,10,12,14,21,23H,5H2,1H3,(H,18,22)(H,27,28)(H2,24,25,26)/t10-,12-,14-,15-/m1/s1. The molecule has 3 heterocycles. The Morgan fingerprint density at radius 2 is 2.03 bits per heavy atom. The number of aromatic nitrogens is 4. The molecule has 0 saturated carbocycles. The van der Waals surface area contributed by atoms with E-state index in [9.17, 15) is 33.4 Å². The predicted octanol–water partition coefficient (Wildman–Crippen LogP) is -0.353. The molecule has 4 rings (SSSR count). The molecule has 0 aliphatic carbocycles. The zero-order valence-electron chi connectivity index (χ0n) is 16.5. The molecule has 15 nitrogen and oxygen atoms in total. The zero-order valence-corrected chi connectivity index (χ0v) is 18.3. The fourth-order valence-electron chi connectivity index (χ4n) is 3.57. The number of phosphoric acid groups is 2. The lowest BCUT2D eigenvalue weighted by atomic mass is 9.97. The number of aliphatic hydroxyl groups is 2. The Hall–Kier alpha value is -2.10. The van der Waals surface area contributed by atoms with Crippen LogP contribution in [0.15, 0.2) is 23.3 Å². The van der Waals surface area contributed by atoms with Crippen LogP contribution in [-0.4, -0.2) is 69.3 Å². The van der Waals surface area contributed by atoms with Gasteiger partial charge >= 0.3 is 15.6 Å². The quantitative estimate of drug-likeness (QED) is 0.233. The molecule has 2 aromatic heterocycles. The van der Waals surface area contributed by atoms with Gasteiger partial charge in [-0.25, -0.2) is 23.3 Å². The molecule has 5 atom stereocenters. The Morgan fingerprint density at radius 1 is 1.33 bits per heavy atom. The summed E-state index contributed by atoms with van der Waals surface area (Å²) in [5, 5.41) is 31.4. The number of H-pyrrole nitrogens is 1. The van der Waals surface area contributed by atoms with Crippen molar-refractivity contribution in [2.24, 2.45) is 0 Å². The molecule has 0 bridgehead atoms. The van der Waals surface area contributed by atoms with Gasteiger partial charge in [0, 0.05) is 17.0 Å². The van der Waals surface area contributed by atoms with E-state index >= 15 is 0 Å². The molecule has 180 valence electrons. The Balaban J connectivity index is 1.68. The Kier molecular flexibility index (Phi) is 5.82. The number of hydrogen-bond donors (Lipinski definition) is 6. The van der Waals surface area contributed by atoms with E-state index < -0.39 is 57.7 Å². The lowest BCUT2D eigenvalue weighted by Gasteiger charge is -2.27. The third-order valence-corrected chi connectivity index (χ3v) is 7.16. The summed E-state index contributed by atoms with van der Waals surface area (Å²) in [6, 6.07) is 0.989. The van der Waals surface area contributed by atoms with Crippen molar-refractivity contribution in [1.82, 2.24) is 20.0 Å². The molecular formula is C15H17FN4O11P2. The summed E-state index contributed by atoms with van der Waals surface area (Å²) in [5.41, 5.74) is -2.70. The molecule has 6 N–H and O–H groups in total. The Morgan fingerprint density at radius 3 is 2.70 bits per heavy atom. The van der Waals surface area contributed by atoms with Gasteiger partial charge in [0.15, 0.2) is 6.23 Å². The largest absolute Gasteiger partial charge is 0.481 e. The van der Waals surface area contributed by atoms with Crippen LogP contribution < -0.4 is 5.56 Å². The monoisotopic (exact) mass is 510 g/mol. The number of nitrogens with one attached hydrogen (secondary N) is 1. The van der Waals surface area contributed by atoms with E-state index in [1.165, 1.54) is 0 Å². The Bertz CT molecular complexity index is 1390. The van der Waals surface area contributed by atoms with E-state index in [-0.39, 0.29) is 21.7 Å². The highest BCUT2D eigenvalue weighted by molar-refractivity contribution is 7.60. The lowest BCUT2D eigenvalue weighted by Crippen LogP contribution is -2.44. The van der Waals surface area contributed by atoms with Gasteiger partial charge < -0.3 is 29.6 Å². The van der Waals surface area contributed by atoms with Crippen LogP contribution in [0.25, 0.3) is 21.7 Å². The number of halogens is 1. The predicted molar refractivity (Wildman–Crippen MR) is 105 cm³/mol. The molecule has 1 saturated heterocycles. The molecule has 0 spiro atoms. The Labute approximate surface area is 182 Å². The van der Waals surface area contributed by atoms with Crippen LogP contribution in [0.3, 0.4) is 0 Å². The van der Waals surface area contributed by atoms with Crippen molar-refractivity contribution < 1.29 is 52.0 Å². The van der Waals surface area contributed by atoms with Crippen molar-refractivity contribution in [2.45, 2.75) is 31.0 Å². The van der Waals surface area contributed by atoms with Gasteiger partial charge in [-0.15, -0.1) is 0 Å². The highest BCUT2D eigenvalue weighted by Crippen LogP contribution is 2.57. The van der Waals surface area contributed by atoms with Crippen LogP contribution >= 0.6 is 15.6 Å². The molecule has 1 fully saturated rings. The van der Waals surface area contributed by atoms with E-state index in [0.717, 1.165) is 30.1 Å². The first-order valence-corrected chi connectivity index (χ1v) is 12.1. The van der Waals surface area contributed by atoms with Crippen LogP contribution in [0.1, 0.15) is 13.2 Å². The maximum atomic E-state index is 14.5. The summed E-state index contributed by atoms with van der Waals surface area (Å²) in [6.45, 7) is 0.224. The van der Waals surface area contributed by atoms with Crippen molar-refractivity contribution in [1.29, 1.82) is 0 Å². The first kappa shape index (κ1) is 24.0. The second-order valence-corrected chi connectivity index (χ2v) is 10.3. The maximum absolute atomic E-state index is 14.5. The molecule has 3 aromatic rings. The molecule has 1 aromatic carbocycles. The van der Waals surface area contributed by atoms with Gasteiger partial charge in [-0.3, -0.25) is 9.32 Å². The number of rotatable bonds is 6. The molecule has 33 heavy (non-hydrogen) atoms. The van der Waals surface area contributed by atoms with E-state index in [1.54, 1.807) is 0 Å². The van der Waals surface area contributed by atoms with Gasteiger partial charge in [-0.1, -0.05) is 0 Å². The number of aromatic amines is 1. The third kappa shape index (κ3) is 4.50. The highest BCUT2D eigenvalue weighted by Gasteiger charge is 2.54. The van der Waals surface area contributed by atoms with E-state index in [0.29, 0.717) is 0 Å². The summed E-state index contributed by atoms with van der Waals surface area (Å²) in [5.74, 6) is -0.767. The topological polar surface area (TPSA) is 227 Å². The summed E-state index contributed by atoms with van der Waals surface area (Å²) >= 11 is 0. The van der Waals surface area contributed by atoms with Gasteiger partial charge in [-0.05, 0) is 13.0 Å². The second kappa shape index (κ2) is 7.99. The molecule has 1 aliphatic rings. The maximum Gasteiger partial charge on any atom is 0.481 e. The van der Waals surface area contributed by atoms with Crippen LogP contribution in [0, 0.1) is 5.82 Å². The number of hydrogen-bond acceptors (Lipinski definition) is 10. The summed E-state index contributed by atoms with van der Waals surface area (Å²) in [6.07, 6.45) is -2.45. The number of nitrogens with zero attached hydrogens (tertiary/aromatic N) is 3. The number of aliphatic hydroxyl groups excluding tert-OH is 1. The number of phosphoric ester groups is 1. The third-order valence-electron chi connectivity index (χ3n) is 5.01. The molecule has 18 heteroatoms. The molecule has 0 radical (unpaired) electrons. The minimum atomic E-state index is -5.37. The van der Waals surface area contributed by atoms with Crippen molar-refractivity contribution in [3.05, 3.63) is 34.6 Å². The average Bonchev–Trinajstić information content (AvgIpc) is 3.06. The van der Waals surface area contributed by atoms with E-state index in [2.05, 4.69) is 24.1 Å². The molecule has 1 unspecified atom stereocenters. The zero-order chi connectivity index (χ0) is 24.3. The second-order valence-electron chi connectivity index (χ2n) is 7.42. The SMILES string of the molecule is C[C@@]1(O)[C@H](O)[C@@H](COP(=O)(O)OP(=O)(O)O)O[C@H]1n1cc2c(F)cc3c(=O)[nH]ncc(n1)c23. The molecule has 1 aliphatic heterocycles. The van der Waals surface area contributed by atoms with E-state index in [1.807, 2.05) is 0 Å².